The molecule has 0 unspecified atom stereocenters. The van der Waals surface area contributed by atoms with Gasteiger partial charge in [0.2, 0.25) is 0 Å². The van der Waals surface area contributed by atoms with Gasteiger partial charge in [-0.3, -0.25) is 4.79 Å². The third-order valence-corrected chi connectivity index (χ3v) is 3.55. The van der Waals surface area contributed by atoms with Gasteiger partial charge in [-0.2, -0.15) is 5.26 Å². The highest BCUT2D eigenvalue weighted by molar-refractivity contribution is 5.97. The van der Waals surface area contributed by atoms with E-state index in [4.69, 9.17) is 5.26 Å². The molecule has 1 amide bonds. The summed E-state index contributed by atoms with van der Waals surface area (Å²) >= 11 is 0. The van der Waals surface area contributed by atoms with Crippen LogP contribution in [0.2, 0.25) is 0 Å². The first-order valence-corrected chi connectivity index (χ1v) is 7.38. The lowest BCUT2D eigenvalue weighted by Crippen LogP contribution is -2.43. The molecule has 0 spiro atoms. The second-order valence-electron chi connectivity index (χ2n) is 5.31. The van der Waals surface area contributed by atoms with Crippen molar-refractivity contribution in [2.75, 3.05) is 7.11 Å². The van der Waals surface area contributed by atoms with Crippen LogP contribution in [0.3, 0.4) is 0 Å². The minimum Gasteiger partial charge on any atom is -0.467 e. The molecule has 0 radical (unpaired) electrons. The van der Waals surface area contributed by atoms with Gasteiger partial charge in [-0.15, -0.1) is 0 Å². The summed E-state index contributed by atoms with van der Waals surface area (Å²) in [5.41, 5.74) is -0.0114. The average molecular weight is 362 g/mol. The number of nitrogens with zero attached hydrogens (tertiary/aromatic N) is 1. The Labute approximate surface area is 147 Å². The van der Waals surface area contributed by atoms with Crippen LogP contribution in [0.5, 0.6) is 0 Å². The average Bonchev–Trinajstić information content (AvgIpc) is 2.60. The van der Waals surface area contributed by atoms with Crippen molar-refractivity contribution >= 4 is 11.9 Å². The molecule has 0 saturated carbocycles. The monoisotopic (exact) mass is 362 g/mol. The van der Waals surface area contributed by atoms with Gasteiger partial charge in [-0.05, 0) is 17.7 Å². The summed E-state index contributed by atoms with van der Waals surface area (Å²) < 4.78 is 45.0. The molecule has 0 bridgehead atoms. The number of carbonyl (C=O) groups is 2. The van der Waals surface area contributed by atoms with Crippen LogP contribution in [-0.4, -0.2) is 25.0 Å². The predicted octanol–water partition coefficient (Wildman–Crippen LogP) is 2.49. The quantitative estimate of drug-likeness (QED) is 0.829. The van der Waals surface area contributed by atoms with Crippen molar-refractivity contribution in [3.8, 4) is 6.07 Å². The molecule has 1 atom stereocenters. The number of esters is 1. The number of hydrogen-bond donors (Lipinski definition) is 1. The first-order chi connectivity index (χ1) is 12.3. The molecule has 2 aromatic rings. The third kappa shape index (κ3) is 4.39. The van der Waals surface area contributed by atoms with Crippen LogP contribution in [0, 0.1) is 28.8 Å². The molecular formula is C18H13F3N2O3. The smallest absolute Gasteiger partial charge is 0.328 e. The lowest BCUT2D eigenvalue weighted by molar-refractivity contribution is -0.142. The zero-order valence-corrected chi connectivity index (χ0v) is 13.6. The largest absolute Gasteiger partial charge is 0.467 e. The third-order valence-electron chi connectivity index (χ3n) is 3.55. The summed E-state index contributed by atoms with van der Waals surface area (Å²) in [7, 11) is 1.10. The fourth-order valence-electron chi connectivity index (χ4n) is 2.28. The van der Waals surface area contributed by atoms with E-state index in [9.17, 15) is 22.8 Å². The highest BCUT2D eigenvalue weighted by Gasteiger charge is 2.26. The van der Waals surface area contributed by atoms with E-state index in [-0.39, 0.29) is 6.42 Å². The summed E-state index contributed by atoms with van der Waals surface area (Å²) in [6.45, 7) is 0. The van der Waals surface area contributed by atoms with E-state index >= 15 is 0 Å². The number of nitriles is 1. The maximum Gasteiger partial charge on any atom is 0.328 e. The number of carbonyl (C=O) groups excluding carboxylic acids is 2. The number of ether oxygens (including phenoxy) is 1. The van der Waals surface area contributed by atoms with Gasteiger partial charge in [0, 0.05) is 18.6 Å². The van der Waals surface area contributed by atoms with Gasteiger partial charge in [-0.1, -0.05) is 12.1 Å². The zero-order chi connectivity index (χ0) is 19.3. The molecular weight excluding hydrogens is 349 g/mol. The Bertz CT molecular complexity index is 853. The SMILES string of the molecule is COC(=O)[C@@H](Cc1ccc(C#N)cc1)NC(=O)c1c(F)cc(F)cc1F. The van der Waals surface area contributed by atoms with Crippen LogP contribution in [0.25, 0.3) is 0 Å². The Kier molecular flexibility index (Phi) is 5.96. The molecule has 0 aromatic heterocycles. The van der Waals surface area contributed by atoms with Gasteiger partial charge in [-0.25, -0.2) is 18.0 Å². The van der Waals surface area contributed by atoms with Crippen molar-refractivity contribution in [1.82, 2.24) is 5.32 Å². The number of benzene rings is 2. The lowest BCUT2D eigenvalue weighted by atomic mass is 10.0. The van der Waals surface area contributed by atoms with E-state index in [2.05, 4.69) is 10.1 Å². The molecule has 0 saturated heterocycles. The lowest BCUT2D eigenvalue weighted by Gasteiger charge is -2.17. The van der Waals surface area contributed by atoms with Gasteiger partial charge in [0.25, 0.3) is 5.91 Å². The molecule has 0 aliphatic heterocycles. The summed E-state index contributed by atoms with van der Waals surface area (Å²) in [4.78, 5) is 24.0. The van der Waals surface area contributed by atoms with Crippen molar-refractivity contribution in [2.45, 2.75) is 12.5 Å². The Morgan fingerprint density at radius 1 is 1.15 bits per heavy atom. The summed E-state index contributed by atoms with van der Waals surface area (Å²) in [5, 5.41) is 11.0. The molecule has 2 rings (SSSR count). The topological polar surface area (TPSA) is 79.2 Å². The molecule has 0 fully saturated rings. The zero-order valence-electron chi connectivity index (χ0n) is 13.6. The van der Waals surface area contributed by atoms with Gasteiger partial charge in [0.1, 0.15) is 29.1 Å². The van der Waals surface area contributed by atoms with E-state index < -0.39 is 40.9 Å². The number of rotatable bonds is 5. The molecule has 134 valence electrons. The van der Waals surface area contributed by atoms with Gasteiger partial charge in [0.05, 0.1) is 18.7 Å². The molecule has 0 heterocycles. The summed E-state index contributed by atoms with van der Waals surface area (Å²) in [6.07, 6.45) is -0.0332. The summed E-state index contributed by atoms with van der Waals surface area (Å²) in [5.74, 6) is -5.99. The van der Waals surface area contributed by atoms with Crippen LogP contribution in [0.1, 0.15) is 21.5 Å². The maximum atomic E-state index is 13.7. The van der Waals surface area contributed by atoms with E-state index in [0.717, 1.165) is 7.11 Å². The molecule has 5 nitrogen and oxygen atoms in total. The van der Waals surface area contributed by atoms with Gasteiger partial charge < -0.3 is 10.1 Å². The second-order valence-corrected chi connectivity index (χ2v) is 5.31. The van der Waals surface area contributed by atoms with Crippen LogP contribution in [0.15, 0.2) is 36.4 Å². The van der Waals surface area contributed by atoms with Crippen molar-refractivity contribution < 1.29 is 27.5 Å². The maximum absolute atomic E-state index is 13.7. The van der Waals surface area contributed by atoms with Crippen LogP contribution in [-0.2, 0) is 16.0 Å². The fourth-order valence-corrected chi connectivity index (χ4v) is 2.28. The van der Waals surface area contributed by atoms with Crippen molar-refractivity contribution in [3.05, 3.63) is 70.5 Å². The Hall–Kier alpha value is -3.34. The van der Waals surface area contributed by atoms with E-state index in [1.54, 1.807) is 12.1 Å². The predicted molar refractivity (Wildman–Crippen MR) is 84.4 cm³/mol. The molecule has 1 N–H and O–H groups in total. The van der Waals surface area contributed by atoms with Gasteiger partial charge in [0.15, 0.2) is 0 Å². The van der Waals surface area contributed by atoms with Crippen molar-refractivity contribution in [2.24, 2.45) is 0 Å². The Morgan fingerprint density at radius 2 is 1.73 bits per heavy atom. The molecule has 0 aliphatic rings. The number of amides is 1. The van der Waals surface area contributed by atoms with Crippen LogP contribution < -0.4 is 5.32 Å². The van der Waals surface area contributed by atoms with Gasteiger partial charge >= 0.3 is 5.97 Å². The van der Waals surface area contributed by atoms with Crippen molar-refractivity contribution in [3.63, 3.8) is 0 Å². The Morgan fingerprint density at radius 3 is 2.23 bits per heavy atom. The molecule has 8 heteroatoms. The minimum absolute atomic E-state index is 0.0332. The van der Waals surface area contributed by atoms with E-state index in [1.807, 2.05) is 6.07 Å². The Balaban J connectivity index is 2.24. The van der Waals surface area contributed by atoms with Crippen LogP contribution in [0.4, 0.5) is 13.2 Å². The molecule has 0 aliphatic carbocycles. The highest BCUT2D eigenvalue weighted by atomic mass is 19.1. The first-order valence-electron chi connectivity index (χ1n) is 7.38. The van der Waals surface area contributed by atoms with Crippen molar-refractivity contribution in [1.29, 1.82) is 5.26 Å². The number of halogens is 3. The normalized spacial score (nSPS) is 11.3. The summed E-state index contributed by atoms with van der Waals surface area (Å²) in [6, 6.07) is 7.61. The second kappa shape index (κ2) is 8.16. The highest BCUT2D eigenvalue weighted by Crippen LogP contribution is 2.15. The van der Waals surface area contributed by atoms with E-state index in [1.165, 1.54) is 12.1 Å². The number of methoxy groups -OCH3 is 1. The fraction of sp³-hybridized carbons (Fsp3) is 0.167. The molecule has 26 heavy (non-hydrogen) atoms. The molecule has 2 aromatic carbocycles. The van der Waals surface area contributed by atoms with E-state index in [0.29, 0.717) is 23.3 Å². The van der Waals surface area contributed by atoms with Crippen LogP contribution >= 0.6 is 0 Å². The minimum atomic E-state index is -1.39. The standard InChI is InChI=1S/C18H13F3N2O3/c1-26-18(25)15(6-10-2-4-11(9-22)5-3-10)23-17(24)16-13(20)7-12(19)8-14(16)21/h2-5,7-8,15H,6H2,1H3,(H,23,24)/t15-/m1/s1. The first kappa shape index (κ1) is 19.0. The number of nitrogens with one attached hydrogen (secondary N) is 1. The number of hydrogen-bond acceptors (Lipinski definition) is 4.